The zero-order chi connectivity index (χ0) is 9.84. The van der Waals surface area contributed by atoms with Gasteiger partial charge in [-0.1, -0.05) is 27.5 Å². The van der Waals surface area contributed by atoms with Crippen molar-refractivity contribution in [2.75, 3.05) is 0 Å². The topological polar surface area (TPSA) is 17.1 Å². The first-order chi connectivity index (χ1) is 6.09. The van der Waals surface area contributed by atoms with E-state index in [1.54, 1.807) is 12.1 Å². The maximum absolute atomic E-state index is 10.7. The zero-order valence-corrected chi connectivity index (χ0v) is 9.39. The van der Waals surface area contributed by atoms with Gasteiger partial charge in [-0.25, -0.2) is 0 Å². The van der Waals surface area contributed by atoms with E-state index in [4.69, 9.17) is 11.6 Å². The lowest BCUT2D eigenvalue weighted by molar-refractivity contribution is -0.112. The van der Waals surface area contributed by atoms with Crippen LogP contribution in [-0.2, 0) is 4.79 Å². The SMILES string of the molecule is CC(=O)/C=C/c1cc(Br)ccc1Cl. The molecule has 0 heterocycles. The van der Waals surface area contributed by atoms with Gasteiger partial charge < -0.3 is 0 Å². The van der Waals surface area contributed by atoms with Gasteiger partial charge in [0.05, 0.1) is 0 Å². The van der Waals surface area contributed by atoms with Crippen LogP contribution in [0.3, 0.4) is 0 Å². The molecule has 0 amide bonds. The first kappa shape index (κ1) is 10.5. The predicted molar refractivity (Wildman–Crippen MR) is 58.9 cm³/mol. The molecule has 0 aliphatic carbocycles. The number of carbonyl (C=O) groups is 1. The zero-order valence-electron chi connectivity index (χ0n) is 7.05. The summed E-state index contributed by atoms with van der Waals surface area (Å²) in [4.78, 5) is 10.7. The van der Waals surface area contributed by atoms with Crippen LogP contribution in [0.5, 0.6) is 0 Å². The van der Waals surface area contributed by atoms with Crippen molar-refractivity contribution >= 4 is 39.4 Å². The largest absolute Gasteiger partial charge is 0.295 e. The summed E-state index contributed by atoms with van der Waals surface area (Å²) in [6.07, 6.45) is 3.20. The van der Waals surface area contributed by atoms with Crippen molar-refractivity contribution in [3.8, 4) is 0 Å². The highest BCUT2D eigenvalue weighted by atomic mass is 79.9. The summed E-state index contributed by atoms with van der Waals surface area (Å²) in [7, 11) is 0. The highest BCUT2D eigenvalue weighted by Crippen LogP contribution is 2.21. The van der Waals surface area contributed by atoms with Crippen LogP contribution in [0.4, 0.5) is 0 Å². The van der Waals surface area contributed by atoms with Gasteiger partial charge in [0.25, 0.3) is 0 Å². The third kappa shape index (κ3) is 3.33. The average Bonchev–Trinajstić information content (AvgIpc) is 2.06. The molecule has 1 rings (SSSR count). The molecular weight excluding hydrogens is 251 g/mol. The van der Waals surface area contributed by atoms with Gasteiger partial charge in [-0.15, -0.1) is 0 Å². The monoisotopic (exact) mass is 258 g/mol. The second kappa shape index (κ2) is 4.58. The van der Waals surface area contributed by atoms with E-state index in [0.29, 0.717) is 5.02 Å². The van der Waals surface area contributed by atoms with Gasteiger partial charge in [0.2, 0.25) is 0 Å². The van der Waals surface area contributed by atoms with Crippen LogP contribution in [0.15, 0.2) is 28.7 Å². The van der Waals surface area contributed by atoms with Crippen LogP contribution in [0.1, 0.15) is 12.5 Å². The standard InChI is InChI=1S/C10H8BrClO/c1-7(13)2-3-8-6-9(11)4-5-10(8)12/h2-6H,1H3/b3-2+. The molecule has 0 N–H and O–H groups in total. The molecule has 1 nitrogen and oxygen atoms in total. The van der Waals surface area contributed by atoms with Crippen LogP contribution in [-0.4, -0.2) is 5.78 Å². The third-order valence-electron chi connectivity index (χ3n) is 1.46. The second-order valence-corrected chi connectivity index (χ2v) is 3.93. The van der Waals surface area contributed by atoms with E-state index < -0.39 is 0 Å². The quantitative estimate of drug-likeness (QED) is 0.740. The lowest BCUT2D eigenvalue weighted by atomic mass is 10.2. The van der Waals surface area contributed by atoms with E-state index in [0.717, 1.165) is 10.0 Å². The van der Waals surface area contributed by atoms with Gasteiger partial charge in [-0.3, -0.25) is 4.79 Å². The first-order valence-electron chi connectivity index (χ1n) is 3.73. The number of carbonyl (C=O) groups excluding carboxylic acids is 1. The molecule has 0 aliphatic heterocycles. The van der Waals surface area contributed by atoms with Crippen molar-refractivity contribution in [2.45, 2.75) is 6.92 Å². The van der Waals surface area contributed by atoms with E-state index in [-0.39, 0.29) is 5.78 Å². The van der Waals surface area contributed by atoms with Crippen molar-refractivity contribution in [3.63, 3.8) is 0 Å². The smallest absolute Gasteiger partial charge is 0.152 e. The Labute approximate surface area is 90.5 Å². The fraction of sp³-hybridized carbons (Fsp3) is 0.100. The molecule has 0 bridgehead atoms. The van der Waals surface area contributed by atoms with Crippen LogP contribution in [0.25, 0.3) is 6.08 Å². The summed E-state index contributed by atoms with van der Waals surface area (Å²) in [5, 5.41) is 0.640. The molecule has 0 radical (unpaired) electrons. The number of hydrogen-bond donors (Lipinski definition) is 0. The maximum Gasteiger partial charge on any atom is 0.152 e. The highest BCUT2D eigenvalue weighted by molar-refractivity contribution is 9.10. The molecule has 0 aromatic heterocycles. The normalized spacial score (nSPS) is 10.7. The summed E-state index contributed by atoms with van der Waals surface area (Å²) in [5.41, 5.74) is 0.839. The summed E-state index contributed by atoms with van der Waals surface area (Å²) < 4.78 is 0.945. The van der Waals surface area contributed by atoms with Gasteiger partial charge >= 0.3 is 0 Å². The number of ketones is 1. The Morgan fingerprint density at radius 3 is 2.85 bits per heavy atom. The molecule has 0 fully saturated rings. The van der Waals surface area contributed by atoms with E-state index >= 15 is 0 Å². The third-order valence-corrected chi connectivity index (χ3v) is 2.29. The van der Waals surface area contributed by atoms with Crippen molar-refractivity contribution in [3.05, 3.63) is 39.3 Å². The number of halogens is 2. The Hall–Kier alpha value is -0.600. The Kier molecular flexibility index (Phi) is 3.70. The number of rotatable bonds is 2. The van der Waals surface area contributed by atoms with Gasteiger partial charge in [-0.2, -0.15) is 0 Å². The summed E-state index contributed by atoms with van der Waals surface area (Å²) >= 11 is 9.22. The van der Waals surface area contributed by atoms with Crippen LogP contribution in [0.2, 0.25) is 5.02 Å². The minimum absolute atomic E-state index is 0.0102. The lowest BCUT2D eigenvalue weighted by Crippen LogP contribution is -1.81. The Balaban J connectivity index is 3.00. The van der Waals surface area contributed by atoms with Crippen LogP contribution < -0.4 is 0 Å². The number of hydrogen-bond acceptors (Lipinski definition) is 1. The van der Waals surface area contributed by atoms with Crippen molar-refractivity contribution < 1.29 is 4.79 Å². The summed E-state index contributed by atoms with van der Waals surface area (Å²) in [6.45, 7) is 1.50. The first-order valence-corrected chi connectivity index (χ1v) is 4.90. The molecule has 3 heteroatoms. The van der Waals surface area contributed by atoms with E-state index in [9.17, 15) is 4.79 Å². The molecule has 1 aromatic carbocycles. The van der Waals surface area contributed by atoms with Crippen LogP contribution >= 0.6 is 27.5 Å². The fourth-order valence-corrected chi connectivity index (χ4v) is 1.41. The fourth-order valence-electron chi connectivity index (χ4n) is 0.849. The van der Waals surface area contributed by atoms with Gasteiger partial charge in [0, 0.05) is 9.50 Å². The molecular formula is C10H8BrClO. The predicted octanol–water partition coefficient (Wildman–Crippen LogP) is 3.70. The molecule has 68 valence electrons. The van der Waals surface area contributed by atoms with Gasteiger partial charge in [-0.05, 0) is 42.8 Å². The van der Waals surface area contributed by atoms with E-state index in [1.807, 2.05) is 12.1 Å². The number of allylic oxidation sites excluding steroid dienone is 1. The molecule has 1 aromatic rings. The molecule has 0 unspecified atom stereocenters. The average molecular weight is 260 g/mol. The van der Waals surface area contributed by atoms with E-state index in [2.05, 4.69) is 15.9 Å². The molecule has 0 atom stereocenters. The van der Waals surface area contributed by atoms with Gasteiger partial charge in [0.15, 0.2) is 5.78 Å². The molecule has 0 saturated heterocycles. The summed E-state index contributed by atoms with van der Waals surface area (Å²) in [6, 6.07) is 5.50. The molecule has 0 saturated carbocycles. The second-order valence-electron chi connectivity index (χ2n) is 2.61. The summed E-state index contributed by atoms with van der Waals surface area (Å²) in [5.74, 6) is 0.0102. The highest BCUT2D eigenvalue weighted by Gasteiger charge is 1.96. The molecule has 0 aliphatic rings. The van der Waals surface area contributed by atoms with Crippen LogP contribution in [0, 0.1) is 0 Å². The van der Waals surface area contributed by atoms with Gasteiger partial charge in [0.1, 0.15) is 0 Å². The number of benzene rings is 1. The van der Waals surface area contributed by atoms with Crippen molar-refractivity contribution in [2.24, 2.45) is 0 Å². The van der Waals surface area contributed by atoms with E-state index in [1.165, 1.54) is 13.0 Å². The molecule has 13 heavy (non-hydrogen) atoms. The minimum atomic E-state index is 0.0102. The Morgan fingerprint density at radius 2 is 2.23 bits per heavy atom. The van der Waals surface area contributed by atoms with Crippen molar-refractivity contribution in [1.29, 1.82) is 0 Å². The Bertz CT molecular complexity index is 358. The van der Waals surface area contributed by atoms with Crippen molar-refractivity contribution in [1.82, 2.24) is 0 Å². The maximum atomic E-state index is 10.7. The minimum Gasteiger partial charge on any atom is -0.295 e. The Morgan fingerprint density at radius 1 is 1.54 bits per heavy atom. The lowest BCUT2D eigenvalue weighted by Gasteiger charge is -1.97. The molecule has 0 spiro atoms.